The van der Waals surface area contributed by atoms with Crippen molar-refractivity contribution in [1.29, 1.82) is 0 Å². The molecular weight excluding hydrogens is 594 g/mol. The van der Waals surface area contributed by atoms with Crippen LogP contribution in [0.5, 0.6) is 11.5 Å². The fourth-order valence-electron chi connectivity index (χ4n) is 4.44. The van der Waals surface area contributed by atoms with Gasteiger partial charge in [-0.2, -0.15) is 0 Å². The molecule has 218 valence electrons. The molecule has 0 unspecified atom stereocenters. The van der Waals surface area contributed by atoms with Gasteiger partial charge in [0.25, 0.3) is 5.91 Å². The van der Waals surface area contributed by atoms with E-state index in [1.807, 2.05) is 36.4 Å². The van der Waals surface area contributed by atoms with Gasteiger partial charge in [0.1, 0.15) is 11.5 Å². The van der Waals surface area contributed by atoms with E-state index in [9.17, 15) is 15.0 Å². The molecule has 41 heavy (non-hydrogen) atoms. The molecule has 1 aliphatic rings. The van der Waals surface area contributed by atoms with Crippen molar-refractivity contribution < 1.29 is 34.3 Å². The Balaban J connectivity index is 1.79. The van der Waals surface area contributed by atoms with Gasteiger partial charge < -0.3 is 29.5 Å². The number of halogens is 1. The lowest BCUT2D eigenvalue weighted by atomic mass is 9.82. The zero-order valence-corrected chi connectivity index (χ0v) is 24.2. The number of methoxy groups -OCH3 is 1. The summed E-state index contributed by atoms with van der Waals surface area (Å²) in [6.07, 6.45) is -0.171. The van der Waals surface area contributed by atoms with Crippen molar-refractivity contribution in [2.24, 2.45) is 4.99 Å². The first-order chi connectivity index (χ1) is 19.9. The number of rotatable bonds is 14. The number of amides is 1. The predicted molar refractivity (Wildman–Crippen MR) is 157 cm³/mol. The van der Waals surface area contributed by atoms with Crippen LogP contribution in [-0.2, 0) is 16.0 Å². The summed E-state index contributed by atoms with van der Waals surface area (Å²) in [5.41, 5.74) is 6.02. The summed E-state index contributed by atoms with van der Waals surface area (Å²) in [5.74, 6) is 0.984. The van der Waals surface area contributed by atoms with Crippen LogP contribution in [0, 0.1) is 0 Å². The van der Waals surface area contributed by atoms with Crippen molar-refractivity contribution in [2.45, 2.75) is 30.5 Å². The van der Waals surface area contributed by atoms with Gasteiger partial charge in [-0.1, -0.05) is 46.3 Å². The van der Waals surface area contributed by atoms with Crippen molar-refractivity contribution in [1.82, 2.24) is 10.9 Å². The standard InChI is InChI=1S/C30H34BrN3O7/c1-39-25-8-4-7-21(16-25)27-30(17-22-6-2-3-9-26(22)31,29(38)34-33-23(18-36)19-37)32-28(41-27)20-10-12-24(13-11-20)40-15-5-14-35/h2-4,6-13,16,23,27,33,35-37H,5,14-15,17-19H2,1H3,(H,34,38)/t27-,30-/m0/s1. The second-order valence-corrected chi connectivity index (χ2v) is 10.3. The molecule has 4 rings (SSSR count). The summed E-state index contributed by atoms with van der Waals surface area (Å²) in [6.45, 7) is -0.339. The summed E-state index contributed by atoms with van der Waals surface area (Å²) < 4.78 is 18.4. The largest absolute Gasteiger partial charge is 0.497 e. The van der Waals surface area contributed by atoms with Crippen LogP contribution < -0.4 is 20.3 Å². The average Bonchev–Trinajstić information content (AvgIpc) is 3.39. The second kappa shape index (κ2) is 14.4. The monoisotopic (exact) mass is 627 g/mol. The van der Waals surface area contributed by atoms with Gasteiger partial charge in [-0.3, -0.25) is 10.2 Å². The van der Waals surface area contributed by atoms with Gasteiger partial charge in [0.2, 0.25) is 5.90 Å². The van der Waals surface area contributed by atoms with E-state index in [1.165, 1.54) is 0 Å². The molecule has 1 amide bonds. The highest BCUT2D eigenvalue weighted by atomic mass is 79.9. The minimum atomic E-state index is -1.50. The van der Waals surface area contributed by atoms with Crippen LogP contribution in [-0.4, -0.2) is 72.2 Å². The second-order valence-electron chi connectivity index (χ2n) is 9.49. The van der Waals surface area contributed by atoms with Crippen LogP contribution in [0.4, 0.5) is 0 Å². The lowest BCUT2D eigenvalue weighted by Crippen LogP contribution is -2.57. The molecule has 2 atom stereocenters. The molecule has 3 aromatic carbocycles. The number of hydrogen-bond acceptors (Lipinski definition) is 9. The number of ether oxygens (including phenoxy) is 3. The third-order valence-corrected chi connectivity index (χ3v) is 7.45. The highest BCUT2D eigenvalue weighted by Crippen LogP contribution is 2.44. The normalized spacial score (nSPS) is 18.1. The lowest BCUT2D eigenvalue weighted by Gasteiger charge is -2.31. The molecule has 10 nitrogen and oxygen atoms in total. The van der Waals surface area contributed by atoms with E-state index in [0.29, 0.717) is 35.7 Å². The maximum atomic E-state index is 14.1. The van der Waals surface area contributed by atoms with Gasteiger partial charge >= 0.3 is 0 Å². The van der Waals surface area contributed by atoms with E-state index in [-0.39, 0.29) is 32.1 Å². The van der Waals surface area contributed by atoms with E-state index < -0.39 is 23.6 Å². The number of carbonyl (C=O) groups excluding carboxylic acids is 1. The third kappa shape index (κ3) is 7.24. The Bertz CT molecular complexity index is 1330. The molecule has 3 aromatic rings. The Hall–Kier alpha value is -3.48. The van der Waals surface area contributed by atoms with Gasteiger partial charge in [0.15, 0.2) is 11.6 Å². The first-order valence-electron chi connectivity index (χ1n) is 13.2. The smallest absolute Gasteiger partial charge is 0.266 e. The SMILES string of the molecule is COc1cccc([C@@H]2OC(c3ccc(OCCCO)cc3)=N[C@]2(Cc2ccccc2Br)C(=O)NNC(CO)CO)c1. The maximum Gasteiger partial charge on any atom is 0.266 e. The summed E-state index contributed by atoms with van der Waals surface area (Å²) in [6, 6.07) is 21.2. The number of benzene rings is 3. The van der Waals surface area contributed by atoms with E-state index in [4.69, 9.17) is 24.3 Å². The molecule has 1 heterocycles. The fraction of sp³-hybridized carbons (Fsp3) is 0.333. The number of hydrazine groups is 1. The highest BCUT2D eigenvalue weighted by molar-refractivity contribution is 9.10. The van der Waals surface area contributed by atoms with Crippen molar-refractivity contribution in [3.63, 3.8) is 0 Å². The molecular formula is C30H34BrN3O7. The molecule has 0 spiro atoms. The molecule has 0 radical (unpaired) electrons. The minimum Gasteiger partial charge on any atom is -0.497 e. The van der Waals surface area contributed by atoms with Gasteiger partial charge in [-0.25, -0.2) is 10.4 Å². The molecule has 0 saturated carbocycles. The molecule has 11 heteroatoms. The summed E-state index contributed by atoms with van der Waals surface area (Å²) >= 11 is 3.60. The molecule has 0 aromatic heterocycles. The Labute approximate surface area is 247 Å². The number of hydrogen-bond donors (Lipinski definition) is 5. The quantitative estimate of drug-likeness (QED) is 0.136. The first-order valence-corrected chi connectivity index (χ1v) is 14.0. The van der Waals surface area contributed by atoms with Crippen molar-refractivity contribution in [2.75, 3.05) is 33.5 Å². The van der Waals surface area contributed by atoms with Crippen LogP contribution in [0.2, 0.25) is 0 Å². The van der Waals surface area contributed by atoms with Crippen LogP contribution >= 0.6 is 15.9 Å². The Kier molecular flexibility index (Phi) is 10.7. The van der Waals surface area contributed by atoms with Gasteiger partial charge in [0.05, 0.1) is 33.0 Å². The average molecular weight is 629 g/mol. The molecule has 5 N–H and O–H groups in total. The Morgan fingerprint density at radius 2 is 1.80 bits per heavy atom. The summed E-state index contributed by atoms with van der Waals surface area (Å²) in [5, 5.41) is 28.1. The molecule has 0 aliphatic carbocycles. The molecule has 0 bridgehead atoms. The van der Waals surface area contributed by atoms with Gasteiger partial charge in [0, 0.05) is 29.5 Å². The summed E-state index contributed by atoms with van der Waals surface area (Å²) in [7, 11) is 1.57. The van der Waals surface area contributed by atoms with E-state index in [1.54, 1.807) is 43.5 Å². The number of aliphatic imine (C=N–C) groups is 1. The van der Waals surface area contributed by atoms with E-state index >= 15 is 0 Å². The van der Waals surface area contributed by atoms with Crippen LogP contribution in [0.1, 0.15) is 29.2 Å². The lowest BCUT2D eigenvalue weighted by molar-refractivity contribution is -0.130. The third-order valence-electron chi connectivity index (χ3n) is 6.67. The van der Waals surface area contributed by atoms with Crippen LogP contribution in [0.3, 0.4) is 0 Å². The number of carbonyl (C=O) groups is 1. The fourth-order valence-corrected chi connectivity index (χ4v) is 4.87. The van der Waals surface area contributed by atoms with Gasteiger partial charge in [-0.05, 0) is 53.6 Å². The predicted octanol–water partition coefficient (Wildman–Crippen LogP) is 2.69. The zero-order valence-electron chi connectivity index (χ0n) is 22.6. The Morgan fingerprint density at radius 3 is 2.49 bits per heavy atom. The van der Waals surface area contributed by atoms with Crippen molar-refractivity contribution in [3.8, 4) is 11.5 Å². The first kappa shape index (κ1) is 30.5. The van der Waals surface area contributed by atoms with E-state index in [0.717, 1.165) is 10.0 Å². The highest BCUT2D eigenvalue weighted by Gasteiger charge is 2.53. The zero-order chi connectivity index (χ0) is 29.2. The molecule has 0 fully saturated rings. The van der Waals surface area contributed by atoms with E-state index in [2.05, 4.69) is 26.8 Å². The number of aliphatic hydroxyl groups excluding tert-OH is 3. The topological polar surface area (TPSA) is 142 Å². The number of nitrogens with zero attached hydrogens (tertiary/aromatic N) is 1. The van der Waals surface area contributed by atoms with Gasteiger partial charge in [-0.15, -0.1) is 0 Å². The minimum absolute atomic E-state index is 0.0439. The molecule has 1 aliphatic heterocycles. The van der Waals surface area contributed by atoms with Crippen molar-refractivity contribution in [3.05, 3.63) is 94.0 Å². The van der Waals surface area contributed by atoms with Crippen LogP contribution in [0.15, 0.2) is 82.3 Å². The number of nitrogens with one attached hydrogen (secondary N) is 2. The van der Waals surface area contributed by atoms with Crippen molar-refractivity contribution >= 4 is 27.7 Å². The molecule has 0 saturated heterocycles. The van der Waals surface area contributed by atoms with Crippen LogP contribution in [0.25, 0.3) is 0 Å². The number of aliphatic hydroxyl groups is 3. The maximum absolute atomic E-state index is 14.1. The Morgan fingerprint density at radius 1 is 1.05 bits per heavy atom. The summed E-state index contributed by atoms with van der Waals surface area (Å²) in [4.78, 5) is 19.1.